The van der Waals surface area contributed by atoms with Crippen molar-refractivity contribution in [3.05, 3.63) is 29.8 Å². The van der Waals surface area contributed by atoms with E-state index in [9.17, 15) is 5.11 Å². The number of hydrogen-bond acceptors (Lipinski definition) is 2. The van der Waals surface area contributed by atoms with Crippen LogP contribution in [-0.2, 0) is 6.54 Å². The quantitative estimate of drug-likeness (QED) is 0.398. The van der Waals surface area contributed by atoms with Gasteiger partial charge in [0.2, 0.25) is 0 Å². The Labute approximate surface area is 150 Å². The predicted octanol–water partition coefficient (Wildman–Crippen LogP) is 3.64. The summed E-state index contributed by atoms with van der Waals surface area (Å²) in [4.78, 5) is 4.63. The van der Waals surface area contributed by atoms with E-state index in [0.717, 1.165) is 24.0 Å². The monoisotopic (exact) mass is 417 g/mol. The van der Waals surface area contributed by atoms with Crippen LogP contribution in [0.1, 0.15) is 45.1 Å². The van der Waals surface area contributed by atoms with Gasteiger partial charge < -0.3 is 15.7 Å². The second kappa shape index (κ2) is 9.92. The predicted molar refractivity (Wildman–Crippen MR) is 103 cm³/mol. The molecule has 0 spiro atoms. The van der Waals surface area contributed by atoms with Crippen molar-refractivity contribution >= 4 is 29.9 Å². The third-order valence-corrected chi connectivity index (χ3v) is 3.95. The largest absolute Gasteiger partial charge is 0.508 e. The molecule has 0 amide bonds. The molecule has 2 rings (SSSR count). The number of guanidine groups is 1. The molecule has 5 heteroatoms. The summed E-state index contributed by atoms with van der Waals surface area (Å²) in [5, 5.41) is 16.3. The Morgan fingerprint density at radius 2 is 2.18 bits per heavy atom. The van der Waals surface area contributed by atoms with E-state index in [4.69, 9.17) is 0 Å². The minimum Gasteiger partial charge on any atom is -0.508 e. The molecule has 1 saturated carbocycles. The third-order valence-electron chi connectivity index (χ3n) is 3.95. The molecule has 4 nitrogen and oxygen atoms in total. The van der Waals surface area contributed by atoms with Gasteiger partial charge in [-0.15, -0.1) is 24.0 Å². The normalized spacial score (nSPS) is 21.8. The van der Waals surface area contributed by atoms with Crippen LogP contribution < -0.4 is 10.6 Å². The van der Waals surface area contributed by atoms with Crippen LogP contribution in [0.2, 0.25) is 0 Å². The number of aliphatic imine (C=N–C) groups is 1. The van der Waals surface area contributed by atoms with Crippen LogP contribution in [0.5, 0.6) is 5.75 Å². The molecule has 3 N–H and O–H groups in total. The molecular formula is C17H28IN3O. The lowest BCUT2D eigenvalue weighted by atomic mass is 9.87. The topological polar surface area (TPSA) is 56.7 Å². The molecule has 0 bridgehead atoms. The molecule has 1 aliphatic carbocycles. The van der Waals surface area contributed by atoms with Crippen molar-refractivity contribution in [2.24, 2.45) is 10.9 Å². The second-order valence-electron chi connectivity index (χ2n) is 5.98. The molecule has 2 unspecified atom stereocenters. The summed E-state index contributed by atoms with van der Waals surface area (Å²) < 4.78 is 0. The third kappa shape index (κ3) is 6.42. The fourth-order valence-electron chi connectivity index (χ4n) is 2.90. The fourth-order valence-corrected chi connectivity index (χ4v) is 2.90. The van der Waals surface area contributed by atoms with Gasteiger partial charge in [0.1, 0.15) is 5.75 Å². The molecule has 1 aliphatic rings. The van der Waals surface area contributed by atoms with Crippen molar-refractivity contribution in [2.45, 2.75) is 52.1 Å². The van der Waals surface area contributed by atoms with Crippen LogP contribution >= 0.6 is 24.0 Å². The Morgan fingerprint density at radius 1 is 1.36 bits per heavy atom. The van der Waals surface area contributed by atoms with Gasteiger partial charge in [0.25, 0.3) is 0 Å². The first-order valence-electron chi connectivity index (χ1n) is 8.00. The molecule has 1 aromatic carbocycles. The van der Waals surface area contributed by atoms with Crippen molar-refractivity contribution in [2.75, 3.05) is 6.54 Å². The maximum absolute atomic E-state index is 9.49. The zero-order valence-corrected chi connectivity index (χ0v) is 15.8. The van der Waals surface area contributed by atoms with Crippen molar-refractivity contribution in [3.8, 4) is 5.75 Å². The van der Waals surface area contributed by atoms with E-state index in [0.29, 0.717) is 18.3 Å². The number of halogens is 1. The van der Waals surface area contributed by atoms with Crippen LogP contribution in [0.3, 0.4) is 0 Å². The van der Waals surface area contributed by atoms with Gasteiger partial charge in [0, 0.05) is 12.6 Å². The van der Waals surface area contributed by atoms with Crippen molar-refractivity contribution in [1.29, 1.82) is 0 Å². The number of phenols is 1. The van der Waals surface area contributed by atoms with Crippen molar-refractivity contribution < 1.29 is 5.11 Å². The van der Waals surface area contributed by atoms with Crippen LogP contribution in [0, 0.1) is 5.92 Å². The minimum atomic E-state index is 0. The standard InChI is InChI=1S/C17H27N3O.HI/c1-3-18-17(20-15-8-4-6-13(2)10-15)19-12-14-7-5-9-16(21)11-14;/h5,7,9,11,13,15,21H,3-4,6,8,10,12H2,1-2H3,(H2,18,19,20);1H. The summed E-state index contributed by atoms with van der Waals surface area (Å²) in [5.41, 5.74) is 1.02. The number of hydrogen-bond donors (Lipinski definition) is 3. The molecular weight excluding hydrogens is 389 g/mol. The smallest absolute Gasteiger partial charge is 0.191 e. The summed E-state index contributed by atoms with van der Waals surface area (Å²) in [7, 11) is 0. The maximum Gasteiger partial charge on any atom is 0.191 e. The van der Waals surface area contributed by atoms with Crippen molar-refractivity contribution in [1.82, 2.24) is 10.6 Å². The van der Waals surface area contributed by atoms with E-state index in [-0.39, 0.29) is 24.0 Å². The average Bonchev–Trinajstić information content (AvgIpc) is 2.45. The fraction of sp³-hybridized carbons (Fsp3) is 0.588. The molecule has 2 atom stereocenters. The van der Waals surface area contributed by atoms with Crippen LogP contribution in [0.4, 0.5) is 0 Å². The van der Waals surface area contributed by atoms with Crippen molar-refractivity contribution in [3.63, 3.8) is 0 Å². The molecule has 0 radical (unpaired) electrons. The molecule has 0 heterocycles. The first-order chi connectivity index (χ1) is 10.2. The van der Waals surface area contributed by atoms with Crippen LogP contribution in [0.15, 0.2) is 29.3 Å². The molecule has 1 aromatic rings. The molecule has 1 fully saturated rings. The number of nitrogens with zero attached hydrogens (tertiary/aromatic N) is 1. The summed E-state index contributed by atoms with van der Waals surface area (Å²) in [6, 6.07) is 7.80. The van der Waals surface area contributed by atoms with Crippen LogP contribution in [0.25, 0.3) is 0 Å². The van der Waals surface area contributed by atoms with E-state index in [1.807, 2.05) is 12.1 Å². The van der Waals surface area contributed by atoms with Gasteiger partial charge in [-0.25, -0.2) is 4.99 Å². The average molecular weight is 417 g/mol. The zero-order chi connectivity index (χ0) is 15.1. The molecule has 0 aliphatic heterocycles. The lowest BCUT2D eigenvalue weighted by Crippen LogP contribution is -2.45. The number of nitrogens with one attached hydrogen (secondary N) is 2. The van der Waals surface area contributed by atoms with Gasteiger partial charge in [0.15, 0.2) is 5.96 Å². The molecule has 124 valence electrons. The number of aromatic hydroxyl groups is 1. The Kier molecular flexibility index (Phi) is 8.60. The highest BCUT2D eigenvalue weighted by atomic mass is 127. The van der Waals surface area contributed by atoms with Gasteiger partial charge in [-0.3, -0.25) is 0 Å². The second-order valence-corrected chi connectivity index (χ2v) is 5.98. The minimum absolute atomic E-state index is 0. The summed E-state index contributed by atoms with van der Waals surface area (Å²) in [5.74, 6) is 1.96. The molecule has 22 heavy (non-hydrogen) atoms. The van der Waals surface area contributed by atoms with E-state index in [2.05, 4.69) is 29.5 Å². The van der Waals surface area contributed by atoms with Gasteiger partial charge in [-0.1, -0.05) is 31.9 Å². The molecule has 0 saturated heterocycles. The SMILES string of the molecule is CCNC(=NCc1cccc(O)c1)NC1CCCC(C)C1.I. The summed E-state index contributed by atoms with van der Waals surface area (Å²) in [6.45, 7) is 5.83. The zero-order valence-electron chi connectivity index (χ0n) is 13.5. The highest BCUT2D eigenvalue weighted by Gasteiger charge is 2.19. The molecule has 0 aromatic heterocycles. The number of rotatable bonds is 4. The van der Waals surface area contributed by atoms with Gasteiger partial charge >= 0.3 is 0 Å². The van der Waals surface area contributed by atoms with E-state index in [1.165, 1.54) is 25.7 Å². The van der Waals surface area contributed by atoms with Gasteiger partial charge in [-0.05, 0) is 43.4 Å². The number of benzene rings is 1. The van der Waals surface area contributed by atoms with E-state index >= 15 is 0 Å². The highest BCUT2D eigenvalue weighted by Crippen LogP contribution is 2.23. The lowest BCUT2D eigenvalue weighted by molar-refractivity contribution is 0.324. The Bertz CT molecular complexity index is 479. The Hall–Kier alpha value is -0.980. The lowest BCUT2D eigenvalue weighted by Gasteiger charge is -2.28. The van der Waals surface area contributed by atoms with E-state index < -0.39 is 0 Å². The van der Waals surface area contributed by atoms with Gasteiger partial charge in [-0.2, -0.15) is 0 Å². The highest BCUT2D eigenvalue weighted by molar-refractivity contribution is 14.0. The van der Waals surface area contributed by atoms with E-state index in [1.54, 1.807) is 12.1 Å². The summed E-state index contributed by atoms with van der Waals surface area (Å²) >= 11 is 0. The Morgan fingerprint density at radius 3 is 2.86 bits per heavy atom. The van der Waals surface area contributed by atoms with Gasteiger partial charge in [0.05, 0.1) is 6.54 Å². The Balaban J connectivity index is 0.00000242. The van der Waals surface area contributed by atoms with Crippen LogP contribution in [-0.4, -0.2) is 23.7 Å². The maximum atomic E-state index is 9.49. The summed E-state index contributed by atoms with van der Waals surface area (Å²) in [6.07, 6.45) is 5.08. The number of phenolic OH excluding ortho intramolecular Hbond substituents is 1. The first kappa shape index (κ1) is 19.1. The first-order valence-corrected chi connectivity index (χ1v) is 8.00.